The zero-order valence-electron chi connectivity index (χ0n) is 16.4. The Kier molecular flexibility index (Phi) is 5.40. The number of anilines is 1. The van der Waals surface area contributed by atoms with Gasteiger partial charge in [0.1, 0.15) is 17.1 Å². The van der Waals surface area contributed by atoms with E-state index < -0.39 is 5.63 Å². The molecule has 1 amide bonds. The third-order valence-corrected chi connectivity index (χ3v) is 4.30. The quantitative estimate of drug-likeness (QED) is 0.673. The smallest absolute Gasteiger partial charge is 0.336 e. The average Bonchev–Trinajstić information content (AvgIpc) is 2.65. The summed E-state index contributed by atoms with van der Waals surface area (Å²) in [5.74, 6) is 0.695. The first kappa shape index (κ1) is 19.5. The largest absolute Gasteiger partial charge is 0.495 e. The summed E-state index contributed by atoms with van der Waals surface area (Å²) >= 11 is 0. The molecule has 2 aromatic carbocycles. The second kappa shape index (κ2) is 7.76. The Bertz CT molecular complexity index is 1060. The normalized spacial score (nSPS) is 11.3. The Labute approximate surface area is 163 Å². The standard InChI is InChI=1S/C22H23NO5/c1-22(2,3)15-7-9-18(26-4)17(11-15)23-20(24)13-27-16-8-5-14-6-10-21(25)28-19(14)12-16/h5-12H,13H2,1-4H3,(H,23,24). The molecule has 0 aliphatic carbocycles. The SMILES string of the molecule is COc1ccc(C(C)(C)C)cc1NC(=O)COc1ccc2ccc(=O)oc2c1. The van der Waals surface area contributed by atoms with Gasteiger partial charge in [0.05, 0.1) is 12.8 Å². The van der Waals surface area contributed by atoms with Crippen LogP contribution in [0.3, 0.4) is 0 Å². The molecule has 0 aliphatic heterocycles. The van der Waals surface area contributed by atoms with E-state index in [0.717, 1.165) is 10.9 Å². The van der Waals surface area contributed by atoms with Gasteiger partial charge in [0.25, 0.3) is 5.91 Å². The van der Waals surface area contributed by atoms with E-state index in [-0.39, 0.29) is 17.9 Å². The van der Waals surface area contributed by atoms with E-state index in [4.69, 9.17) is 13.9 Å². The van der Waals surface area contributed by atoms with Crippen molar-refractivity contribution < 1.29 is 18.7 Å². The van der Waals surface area contributed by atoms with E-state index in [1.54, 1.807) is 31.4 Å². The van der Waals surface area contributed by atoms with Crippen molar-refractivity contribution in [2.45, 2.75) is 26.2 Å². The number of hydrogen-bond acceptors (Lipinski definition) is 5. The lowest BCUT2D eigenvalue weighted by atomic mass is 9.87. The van der Waals surface area contributed by atoms with Crippen LogP contribution < -0.4 is 20.4 Å². The van der Waals surface area contributed by atoms with Crippen molar-refractivity contribution in [3.05, 3.63) is 64.5 Å². The van der Waals surface area contributed by atoms with Gasteiger partial charge in [0.2, 0.25) is 0 Å². The minimum absolute atomic E-state index is 0.0583. The Morgan fingerprint density at radius 1 is 1.07 bits per heavy atom. The van der Waals surface area contributed by atoms with Crippen molar-refractivity contribution in [1.82, 2.24) is 0 Å². The van der Waals surface area contributed by atoms with Gasteiger partial charge in [0.15, 0.2) is 6.61 Å². The summed E-state index contributed by atoms with van der Waals surface area (Å²) < 4.78 is 16.0. The van der Waals surface area contributed by atoms with Crippen LogP contribution in [0.1, 0.15) is 26.3 Å². The van der Waals surface area contributed by atoms with Crippen molar-refractivity contribution >= 4 is 22.6 Å². The molecule has 1 aromatic heterocycles. The molecular formula is C22H23NO5. The molecule has 0 fully saturated rings. The summed E-state index contributed by atoms with van der Waals surface area (Å²) in [5, 5.41) is 3.61. The molecule has 0 unspecified atom stereocenters. The van der Waals surface area contributed by atoms with Crippen LogP contribution in [0.25, 0.3) is 11.0 Å². The number of hydrogen-bond donors (Lipinski definition) is 1. The monoisotopic (exact) mass is 381 g/mol. The number of rotatable bonds is 5. The number of fused-ring (bicyclic) bond motifs is 1. The minimum atomic E-state index is -0.437. The highest BCUT2D eigenvalue weighted by Crippen LogP contribution is 2.31. The van der Waals surface area contributed by atoms with Crippen LogP contribution in [-0.2, 0) is 10.2 Å². The molecule has 1 heterocycles. The number of methoxy groups -OCH3 is 1. The lowest BCUT2D eigenvalue weighted by Crippen LogP contribution is -2.21. The van der Waals surface area contributed by atoms with Gasteiger partial charge < -0.3 is 19.2 Å². The molecule has 6 nitrogen and oxygen atoms in total. The van der Waals surface area contributed by atoms with Gasteiger partial charge >= 0.3 is 5.63 Å². The van der Waals surface area contributed by atoms with Crippen molar-refractivity contribution in [2.75, 3.05) is 19.0 Å². The molecule has 0 radical (unpaired) electrons. The number of nitrogens with one attached hydrogen (secondary N) is 1. The second-order valence-electron chi connectivity index (χ2n) is 7.46. The highest BCUT2D eigenvalue weighted by atomic mass is 16.5. The van der Waals surface area contributed by atoms with E-state index in [9.17, 15) is 9.59 Å². The maximum Gasteiger partial charge on any atom is 0.336 e. The van der Waals surface area contributed by atoms with Crippen LogP contribution in [-0.4, -0.2) is 19.6 Å². The van der Waals surface area contributed by atoms with Gasteiger partial charge in [-0.3, -0.25) is 4.79 Å². The predicted octanol–water partition coefficient (Wildman–Crippen LogP) is 4.12. The van der Waals surface area contributed by atoms with Gasteiger partial charge in [-0.1, -0.05) is 26.8 Å². The minimum Gasteiger partial charge on any atom is -0.495 e. The Morgan fingerprint density at radius 2 is 1.82 bits per heavy atom. The van der Waals surface area contributed by atoms with Crippen molar-refractivity contribution in [2.24, 2.45) is 0 Å². The number of ether oxygens (including phenoxy) is 2. The summed E-state index contributed by atoms with van der Waals surface area (Å²) in [4.78, 5) is 23.7. The molecule has 3 aromatic rings. The second-order valence-corrected chi connectivity index (χ2v) is 7.46. The Morgan fingerprint density at radius 3 is 2.54 bits per heavy atom. The number of carbonyl (C=O) groups excluding carboxylic acids is 1. The molecular weight excluding hydrogens is 358 g/mol. The molecule has 6 heteroatoms. The zero-order valence-corrected chi connectivity index (χ0v) is 16.4. The average molecular weight is 381 g/mol. The number of amides is 1. The molecule has 0 bridgehead atoms. The lowest BCUT2D eigenvalue weighted by Gasteiger charge is -2.21. The van der Waals surface area contributed by atoms with Crippen molar-refractivity contribution in [3.8, 4) is 11.5 Å². The van der Waals surface area contributed by atoms with E-state index in [2.05, 4.69) is 26.1 Å². The highest BCUT2D eigenvalue weighted by molar-refractivity contribution is 5.93. The van der Waals surface area contributed by atoms with Gasteiger partial charge in [-0.25, -0.2) is 4.79 Å². The molecule has 146 valence electrons. The maximum atomic E-state index is 12.4. The third-order valence-electron chi connectivity index (χ3n) is 4.30. The zero-order chi connectivity index (χ0) is 20.3. The van der Waals surface area contributed by atoms with Crippen LogP contribution >= 0.6 is 0 Å². The van der Waals surface area contributed by atoms with E-state index in [1.165, 1.54) is 6.07 Å². The topological polar surface area (TPSA) is 77.8 Å². The third kappa shape index (κ3) is 4.52. The summed E-state index contributed by atoms with van der Waals surface area (Å²) in [7, 11) is 1.56. The van der Waals surface area contributed by atoms with E-state index >= 15 is 0 Å². The van der Waals surface area contributed by atoms with Gasteiger partial charge in [0, 0.05) is 17.5 Å². The maximum absolute atomic E-state index is 12.4. The van der Waals surface area contributed by atoms with Crippen LogP contribution in [0.4, 0.5) is 5.69 Å². The first-order valence-electron chi connectivity index (χ1n) is 8.91. The predicted molar refractivity (Wildman–Crippen MR) is 108 cm³/mol. The highest BCUT2D eigenvalue weighted by Gasteiger charge is 2.17. The molecule has 0 saturated carbocycles. The molecule has 3 rings (SSSR count). The molecule has 1 N–H and O–H groups in total. The van der Waals surface area contributed by atoms with Crippen LogP contribution in [0.2, 0.25) is 0 Å². The molecule has 28 heavy (non-hydrogen) atoms. The summed E-state index contributed by atoms with van der Waals surface area (Å²) in [5.41, 5.74) is 1.58. The van der Waals surface area contributed by atoms with Gasteiger partial charge in [-0.05, 0) is 41.3 Å². The first-order chi connectivity index (χ1) is 13.3. The van der Waals surface area contributed by atoms with E-state index in [1.807, 2.05) is 18.2 Å². The molecule has 0 spiro atoms. The lowest BCUT2D eigenvalue weighted by molar-refractivity contribution is -0.118. The number of benzene rings is 2. The summed E-state index contributed by atoms with van der Waals surface area (Å²) in [6.07, 6.45) is 0. The molecule has 0 atom stereocenters. The van der Waals surface area contributed by atoms with Gasteiger partial charge in [-0.2, -0.15) is 0 Å². The molecule has 0 aliphatic rings. The fourth-order valence-electron chi connectivity index (χ4n) is 2.74. The Hall–Kier alpha value is -3.28. The van der Waals surface area contributed by atoms with Gasteiger partial charge in [-0.15, -0.1) is 0 Å². The summed E-state index contributed by atoms with van der Waals surface area (Å²) in [6, 6.07) is 13.8. The summed E-state index contributed by atoms with van der Waals surface area (Å²) in [6.45, 7) is 6.11. The number of carbonyl (C=O) groups is 1. The first-order valence-corrected chi connectivity index (χ1v) is 8.91. The van der Waals surface area contributed by atoms with E-state index in [0.29, 0.717) is 22.8 Å². The van der Waals surface area contributed by atoms with Crippen molar-refractivity contribution in [1.29, 1.82) is 0 Å². The molecule has 0 saturated heterocycles. The van der Waals surface area contributed by atoms with Crippen LogP contribution in [0.5, 0.6) is 11.5 Å². The van der Waals surface area contributed by atoms with Crippen LogP contribution in [0.15, 0.2) is 57.7 Å². The fraction of sp³-hybridized carbons (Fsp3) is 0.273. The van der Waals surface area contributed by atoms with Crippen LogP contribution in [0, 0.1) is 0 Å². The van der Waals surface area contributed by atoms with Crippen molar-refractivity contribution in [3.63, 3.8) is 0 Å². The Balaban J connectivity index is 1.71. The fourth-order valence-corrected chi connectivity index (χ4v) is 2.74.